The lowest BCUT2D eigenvalue weighted by Crippen LogP contribution is -2.41. The Kier molecular flexibility index (Phi) is 6.21. The number of nitrogens with one attached hydrogen (secondary N) is 1. The fourth-order valence-corrected chi connectivity index (χ4v) is 3.46. The number of aromatic nitrogens is 1. The predicted molar refractivity (Wildman–Crippen MR) is 98.7 cm³/mol. The van der Waals surface area contributed by atoms with Gasteiger partial charge in [-0.3, -0.25) is 9.59 Å². The minimum Gasteiger partial charge on any atom is -0.360 e. The van der Waals surface area contributed by atoms with Gasteiger partial charge in [0.2, 0.25) is 5.91 Å². The predicted octanol–water partition coefficient (Wildman–Crippen LogP) is 3.78. The number of hydrogen-bond donors (Lipinski definition) is 1. The summed E-state index contributed by atoms with van der Waals surface area (Å²) in [4.78, 5) is 26.9. The summed E-state index contributed by atoms with van der Waals surface area (Å²) >= 11 is 0. The van der Waals surface area contributed by atoms with Crippen molar-refractivity contribution in [2.24, 2.45) is 5.92 Å². The first-order valence-corrected chi connectivity index (χ1v) is 9.29. The molecule has 7 heteroatoms. The molecule has 1 N–H and O–H groups in total. The van der Waals surface area contributed by atoms with E-state index in [4.69, 9.17) is 4.52 Å². The summed E-state index contributed by atoms with van der Waals surface area (Å²) in [5, 5.41) is 6.39. The van der Waals surface area contributed by atoms with Crippen LogP contribution < -0.4 is 5.32 Å². The first-order chi connectivity index (χ1) is 13.0. The average molecular weight is 373 g/mol. The molecule has 0 spiro atoms. The van der Waals surface area contributed by atoms with Gasteiger partial charge >= 0.3 is 0 Å². The number of anilines is 1. The number of nitrogens with zero attached hydrogens (tertiary/aromatic N) is 2. The van der Waals surface area contributed by atoms with Crippen LogP contribution in [-0.2, 0) is 4.79 Å². The highest BCUT2D eigenvalue weighted by molar-refractivity contribution is 5.99. The molecule has 0 unspecified atom stereocenters. The molecule has 0 saturated heterocycles. The molecule has 0 aliphatic heterocycles. The zero-order valence-electron chi connectivity index (χ0n) is 15.4. The van der Waals surface area contributed by atoms with E-state index in [-0.39, 0.29) is 18.4 Å². The third-order valence-electron chi connectivity index (χ3n) is 4.81. The Balaban J connectivity index is 1.70. The average Bonchev–Trinajstić information content (AvgIpc) is 3.06. The number of hydrogen-bond acceptors (Lipinski definition) is 4. The van der Waals surface area contributed by atoms with Crippen LogP contribution in [0.5, 0.6) is 0 Å². The second kappa shape index (κ2) is 8.79. The van der Waals surface area contributed by atoms with Crippen LogP contribution in [0.25, 0.3) is 0 Å². The summed E-state index contributed by atoms with van der Waals surface area (Å²) in [6, 6.07) is 7.02. The largest absolute Gasteiger partial charge is 0.360 e. The lowest BCUT2D eigenvalue weighted by Gasteiger charge is -2.29. The summed E-state index contributed by atoms with van der Waals surface area (Å²) in [6.07, 6.45) is 5.62. The van der Waals surface area contributed by atoms with Crippen LogP contribution >= 0.6 is 0 Å². The fourth-order valence-electron chi connectivity index (χ4n) is 3.46. The molecule has 27 heavy (non-hydrogen) atoms. The summed E-state index contributed by atoms with van der Waals surface area (Å²) in [6.45, 7) is 2.16. The van der Waals surface area contributed by atoms with Crippen LogP contribution in [-0.4, -0.2) is 35.0 Å². The summed E-state index contributed by atoms with van der Waals surface area (Å²) in [7, 11) is 0. The Morgan fingerprint density at radius 2 is 1.93 bits per heavy atom. The van der Waals surface area contributed by atoms with Gasteiger partial charge < -0.3 is 14.7 Å². The number of halogens is 1. The first-order valence-electron chi connectivity index (χ1n) is 9.29. The van der Waals surface area contributed by atoms with E-state index in [1.165, 1.54) is 30.7 Å². The summed E-state index contributed by atoms with van der Waals surface area (Å²) in [5.41, 5.74) is 0.372. The maximum absolute atomic E-state index is 13.2. The molecule has 0 radical (unpaired) electrons. The van der Waals surface area contributed by atoms with Gasteiger partial charge in [0.1, 0.15) is 18.1 Å². The van der Waals surface area contributed by atoms with Crippen molar-refractivity contribution in [1.29, 1.82) is 0 Å². The zero-order valence-corrected chi connectivity index (χ0v) is 15.4. The molecular weight excluding hydrogens is 349 g/mol. The van der Waals surface area contributed by atoms with Crippen molar-refractivity contribution < 1.29 is 18.5 Å². The van der Waals surface area contributed by atoms with Crippen molar-refractivity contribution in [3.63, 3.8) is 0 Å². The van der Waals surface area contributed by atoms with Gasteiger partial charge in [-0.2, -0.15) is 0 Å². The first kappa shape index (κ1) is 19.1. The van der Waals surface area contributed by atoms with Crippen molar-refractivity contribution in [2.75, 3.05) is 18.4 Å². The second-order valence-corrected chi connectivity index (χ2v) is 7.07. The normalized spacial score (nSPS) is 14.7. The number of carbonyl (C=O) groups is 2. The van der Waals surface area contributed by atoms with Gasteiger partial charge in [0, 0.05) is 18.2 Å². The molecule has 0 atom stereocenters. The van der Waals surface area contributed by atoms with Gasteiger partial charge in [-0.25, -0.2) is 4.39 Å². The van der Waals surface area contributed by atoms with E-state index >= 15 is 0 Å². The molecule has 1 aliphatic carbocycles. The van der Waals surface area contributed by atoms with Crippen LogP contribution in [0.1, 0.15) is 48.2 Å². The Bertz CT molecular complexity index is 782. The third kappa shape index (κ3) is 5.39. The molecule has 1 saturated carbocycles. The molecule has 144 valence electrons. The molecule has 1 aromatic heterocycles. The van der Waals surface area contributed by atoms with Crippen molar-refractivity contribution in [3.05, 3.63) is 47.5 Å². The highest BCUT2D eigenvalue weighted by atomic mass is 19.1. The van der Waals surface area contributed by atoms with E-state index in [0.717, 1.165) is 25.7 Å². The molecule has 2 aromatic rings. The van der Waals surface area contributed by atoms with Crippen molar-refractivity contribution in [1.82, 2.24) is 10.1 Å². The van der Waals surface area contributed by atoms with Gasteiger partial charge in [0.15, 0.2) is 5.82 Å². The molecule has 1 heterocycles. The second-order valence-electron chi connectivity index (χ2n) is 7.07. The van der Waals surface area contributed by atoms with Crippen LogP contribution in [0.4, 0.5) is 10.2 Å². The minimum atomic E-state index is -0.399. The Morgan fingerprint density at radius 1 is 1.22 bits per heavy atom. The number of amides is 2. The molecule has 1 aliphatic rings. The van der Waals surface area contributed by atoms with Gasteiger partial charge in [-0.15, -0.1) is 0 Å². The number of carbonyl (C=O) groups excluding carboxylic acids is 2. The highest BCUT2D eigenvalue weighted by Crippen LogP contribution is 2.25. The topological polar surface area (TPSA) is 75.4 Å². The molecule has 6 nitrogen and oxygen atoms in total. The lowest BCUT2D eigenvalue weighted by atomic mass is 9.89. The number of benzene rings is 1. The van der Waals surface area contributed by atoms with E-state index in [2.05, 4.69) is 10.5 Å². The van der Waals surface area contributed by atoms with Gasteiger partial charge in [-0.1, -0.05) is 24.4 Å². The smallest absolute Gasteiger partial charge is 0.254 e. The van der Waals surface area contributed by atoms with E-state index in [0.29, 0.717) is 29.6 Å². The maximum atomic E-state index is 13.2. The molecule has 1 fully saturated rings. The van der Waals surface area contributed by atoms with E-state index in [9.17, 15) is 14.0 Å². The number of rotatable bonds is 6. The monoisotopic (exact) mass is 373 g/mol. The van der Waals surface area contributed by atoms with Crippen LogP contribution in [0.2, 0.25) is 0 Å². The zero-order chi connectivity index (χ0) is 19.2. The molecular formula is C20H24FN3O3. The minimum absolute atomic E-state index is 0.0847. The molecule has 2 amide bonds. The van der Waals surface area contributed by atoms with Gasteiger partial charge in [0.05, 0.1) is 0 Å². The van der Waals surface area contributed by atoms with Gasteiger partial charge in [-0.05, 0) is 49.9 Å². The lowest BCUT2D eigenvalue weighted by molar-refractivity contribution is -0.117. The van der Waals surface area contributed by atoms with Crippen molar-refractivity contribution in [3.8, 4) is 0 Å². The standard InChI is InChI=1S/C20H24FN3O3/c1-14-11-18(23-27-14)22-19(25)13-24(12-15-5-3-2-4-6-15)20(26)16-7-9-17(21)10-8-16/h7-11,15H,2-6,12-13H2,1H3,(H,22,23,25). The Hall–Kier alpha value is -2.70. The molecule has 3 rings (SSSR count). The quantitative estimate of drug-likeness (QED) is 0.836. The molecule has 1 aromatic carbocycles. The molecule has 0 bridgehead atoms. The number of aryl methyl sites for hydroxylation is 1. The van der Waals surface area contributed by atoms with Crippen molar-refractivity contribution >= 4 is 17.6 Å². The van der Waals surface area contributed by atoms with E-state index < -0.39 is 5.82 Å². The van der Waals surface area contributed by atoms with Gasteiger partial charge in [0.25, 0.3) is 5.91 Å². The Morgan fingerprint density at radius 3 is 2.56 bits per heavy atom. The SMILES string of the molecule is Cc1cc(NC(=O)CN(CC2CCCCC2)C(=O)c2ccc(F)cc2)no1. The van der Waals surface area contributed by atoms with E-state index in [1.54, 1.807) is 17.9 Å². The highest BCUT2D eigenvalue weighted by Gasteiger charge is 2.24. The Labute approximate surface area is 157 Å². The fraction of sp³-hybridized carbons (Fsp3) is 0.450. The van der Waals surface area contributed by atoms with E-state index in [1.807, 2.05) is 0 Å². The van der Waals surface area contributed by atoms with Crippen LogP contribution in [0.3, 0.4) is 0 Å². The van der Waals surface area contributed by atoms with Crippen LogP contribution in [0.15, 0.2) is 34.9 Å². The summed E-state index contributed by atoms with van der Waals surface area (Å²) < 4.78 is 18.1. The summed E-state index contributed by atoms with van der Waals surface area (Å²) in [5.74, 6) is 0.285. The third-order valence-corrected chi connectivity index (χ3v) is 4.81. The van der Waals surface area contributed by atoms with Crippen molar-refractivity contribution in [2.45, 2.75) is 39.0 Å². The maximum Gasteiger partial charge on any atom is 0.254 e. The van der Waals surface area contributed by atoms with Crippen LogP contribution in [0, 0.1) is 18.7 Å².